The Labute approximate surface area is 191 Å². The molecule has 0 N–H and O–H groups in total. The molecule has 1 aliphatic rings. The van der Waals surface area contributed by atoms with Gasteiger partial charge in [-0.1, -0.05) is 41.1 Å². The minimum absolute atomic E-state index is 0.0899. The van der Waals surface area contributed by atoms with Crippen LogP contribution < -0.4 is 4.74 Å². The SMILES string of the molecule is CC[C@H](C)N1C(=O)S/C(=C/c2ccc(OCc3ccc(Br)cc3)c(I)c2)C1=O. The highest BCUT2D eigenvalue weighted by atomic mass is 127. The number of rotatable bonds is 6. The van der Waals surface area contributed by atoms with E-state index >= 15 is 0 Å². The van der Waals surface area contributed by atoms with Gasteiger partial charge in [-0.25, -0.2) is 0 Å². The molecule has 1 atom stereocenters. The molecular formula is C21H19BrINO3S. The highest BCUT2D eigenvalue weighted by Gasteiger charge is 2.37. The summed E-state index contributed by atoms with van der Waals surface area (Å²) in [5.41, 5.74) is 1.96. The lowest BCUT2D eigenvalue weighted by molar-refractivity contribution is -0.124. The first kappa shape index (κ1) is 21.4. The van der Waals surface area contributed by atoms with Gasteiger partial charge in [-0.2, -0.15) is 0 Å². The topological polar surface area (TPSA) is 46.6 Å². The predicted molar refractivity (Wildman–Crippen MR) is 125 cm³/mol. The van der Waals surface area contributed by atoms with Crippen LogP contribution in [0.25, 0.3) is 6.08 Å². The maximum atomic E-state index is 12.5. The summed E-state index contributed by atoms with van der Waals surface area (Å²) in [6.45, 7) is 4.34. The summed E-state index contributed by atoms with van der Waals surface area (Å²) >= 11 is 6.64. The van der Waals surface area contributed by atoms with Crippen molar-refractivity contribution in [1.29, 1.82) is 0 Å². The summed E-state index contributed by atoms with van der Waals surface area (Å²) in [7, 11) is 0. The van der Waals surface area contributed by atoms with Gasteiger partial charge in [0.05, 0.1) is 8.48 Å². The summed E-state index contributed by atoms with van der Waals surface area (Å²) in [4.78, 5) is 26.5. The molecule has 1 aliphatic heterocycles. The Balaban J connectivity index is 1.72. The van der Waals surface area contributed by atoms with Gasteiger partial charge in [0.15, 0.2) is 0 Å². The molecule has 0 aromatic heterocycles. The monoisotopic (exact) mass is 571 g/mol. The van der Waals surface area contributed by atoms with Crippen molar-refractivity contribution in [2.75, 3.05) is 0 Å². The van der Waals surface area contributed by atoms with Crippen molar-refractivity contribution >= 4 is 67.5 Å². The number of carbonyl (C=O) groups excluding carboxylic acids is 2. The van der Waals surface area contributed by atoms with Crippen molar-refractivity contribution in [3.63, 3.8) is 0 Å². The molecular weight excluding hydrogens is 553 g/mol. The number of benzene rings is 2. The molecule has 1 saturated heterocycles. The van der Waals surface area contributed by atoms with Crippen LogP contribution in [0.5, 0.6) is 5.75 Å². The zero-order chi connectivity index (χ0) is 20.3. The zero-order valence-corrected chi connectivity index (χ0v) is 20.0. The fraction of sp³-hybridized carbons (Fsp3) is 0.238. The van der Waals surface area contributed by atoms with E-state index in [-0.39, 0.29) is 17.2 Å². The van der Waals surface area contributed by atoms with Crippen LogP contribution in [-0.2, 0) is 11.4 Å². The number of carbonyl (C=O) groups is 2. The smallest absolute Gasteiger partial charge is 0.293 e. The number of halogens is 2. The lowest BCUT2D eigenvalue weighted by Gasteiger charge is -2.19. The summed E-state index contributed by atoms with van der Waals surface area (Å²) in [5.74, 6) is 0.573. The number of hydrogen-bond donors (Lipinski definition) is 0. The van der Waals surface area contributed by atoms with Crippen molar-refractivity contribution in [1.82, 2.24) is 4.90 Å². The van der Waals surface area contributed by atoms with Gasteiger partial charge in [-0.05, 0) is 89.2 Å². The third-order valence-electron chi connectivity index (χ3n) is 4.42. The minimum Gasteiger partial charge on any atom is -0.488 e. The van der Waals surface area contributed by atoms with Gasteiger partial charge in [0, 0.05) is 10.5 Å². The van der Waals surface area contributed by atoms with Crippen molar-refractivity contribution in [3.05, 3.63) is 66.5 Å². The van der Waals surface area contributed by atoms with Crippen LogP contribution in [0.2, 0.25) is 0 Å². The zero-order valence-electron chi connectivity index (χ0n) is 15.4. The highest BCUT2D eigenvalue weighted by Crippen LogP contribution is 2.35. The number of hydrogen-bond acceptors (Lipinski definition) is 4. The molecule has 0 aliphatic carbocycles. The number of thioether (sulfide) groups is 1. The van der Waals surface area contributed by atoms with E-state index in [1.165, 1.54) is 4.90 Å². The van der Waals surface area contributed by atoms with Crippen LogP contribution in [0.1, 0.15) is 31.4 Å². The minimum atomic E-state index is -0.213. The van der Waals surface area contributed by atoms with Gasteiger partial charge >= 0.3 is 0 Å². The Bertz CT molecular complexity index is 930. The van der Waals surface area contributed by atoms with Gasteiger partial charge < -0.3 is 4.74 Å². The Morgan fingerprint density at radius 1 is 1.21 bits per heavy atom. The van der Waals surface area contributed by atoms with Gasteiger partial charge in [0.1, 0.15) is 12.4 Å². The van der Waals surface area contributed by atoms with Crippen molar-refractivity contribution in [2.24, 2.45) is 0 Å². The first-order valence-electron chi connectivity index (χ1n) is 8.83. The molecule has 2 aromatic carbocycles. The molecule has 2 amide bonds. The number of imide groups is 1. The summed E-state index contributed by atoms with van der Waals surface area (Å²) in [6, 6.07) is 13.7. The molecule has 4 nitrogen and oxygen atoms in total. The van der Waals surface area contributed by atoms with E-state index in [0.717, 1.165) is 43.1 Å². The first-order valence-corrected chi connectivity index (χ1v) is 11.5. The summed E-state index contributed by atoms with van der Waals surface area (Å²) in [6.07, 6.45) is 2.52. The molecule has 0 unspecified atom stereocenters. The van der Waals surface area contributed by atoms with Crippen molar-refractivity contribution in [2.45, 2.75) is 32.9 Å². The van der Waals surface area contributed by atoms with Crippen LogP contribution in [0, 0.1) is 3.57 Å². The Hall–Kier alpha value is -1.32. The van der Waals surface area contributed by atoms with Crippen molar-refractivity contribution in [3.8, 4) is 5.75 Å². The highest BCUT2D eigenvalue weighted by molar-refractivity contribution is 14.1. The van der Waals surface area contributed by atoms with E-state index in [1.807, 2.05) is 56.3 Å². The van der Waals surface area contributed by atoms with E-state index in [1.54, 1.807) is 6.08 Å². The van der Waals surface area contributed by atoms with Crippen molar-refractivity contribution < 1.29 is 14.3 Å². The van der Waals surface area contributed by atoms with E-state index in [0.29, 0.717) is 11.5 Å². The second kappa shape index (κ2) is 9.45. The lowest BCUT2D eigenvalue weighted by Crippen LogP contribution is -2.36. The van der Waals surface area contributed by atoms with Gasteiger partial charge in [-0.3, -0.25) is 14.5 Å². The standard InChI is InChI=1S/C21H19BrINO3S/c1-3-13(2)24-20(25)19(28-21(24)26)11-15-6-9-18(17(23)10-15)27-12-14-4-7-16(22)8-5-14/h4-11,13H,3,12H2,1-2H3/b19-11+/t13-/m0/s1. The maximum Gasteiger partial charge on any atom is 0.293 e. The number of amides is 2. The molecule has 28 heavy (non-hydrogen) atoms. The molecule has 1 heterocycles. The van der Waals surface area contributed by atoms with Crippen LogP contribution in [0.15, 0.2) is 51.8 Å². The molecule has 1 fully saturated rings. The third-order valence-corrected chi connectivity index (χ3v) is 6.67. The molecule has 0 bridgehead atoms. The Morgan fingerprint density at radius 3 is 2.57 bits per heavy atom. The van der Waals surface area contributed by atoms with Crippen LogP contribution >= 0.6 is 50.3 Å². The molecule has 2 aromatic rings. The van der Waals surface area contributed by atoms with E-state index in [4.69, 9.17) is 4.74 Å². The molecule has 3 rings (SSSR count). The Morgan fingerprint density at radius 2 is 1.93 bits per heavy atom. The van der Waals surface area contributed by atoms with Crippen LogP contribution in [0.4, 0.5) is 4.79 Å². The fourth-order valence-electron chi connectivity index (χ4n) is 2.66. The number of nitrogens with zero attached hydrogens (tertiary/aromatic N) is 1. The van der Waals surface area contributed by atoms with Gasteiger partial charge in [0.25, 0.3) is 11.1 Å². The lowest BCUT2D eigenvalue weighted by atomic mass is 10.2. The largest absolute Gasteiger partial charge is 0.488 e. The quantitative estimate of drug-likeness (QED) is 0.294. The van der Waals surface area contributed by atoms with Gasteiger partial charge in [-0.15, -0.1) is 0 Å². The van der Waals surface area contributed by atoms with Crippen LogP contribution in [0.3, 0.4) is 0 Å². The van der Waals surface area contributed by atoms with E-state index < -0.39 is 0 Å². The summed E-state index contributed by atoms with van der Waals surface area (Å²) in [5, 5.41) is -0.199. The average Bonchev–Trinajstić information content (AvgIpc) is 2.95. The molecule has 7 heteroatoms. The van der Waals surface area contributed by atoms with E-state index in [2.05, 4.69) is 38.5 Å². The average molecular weight is 572 g/mol. The normalized spacial score (nSPS) is 16.7. The predicted octanol–water partition coefficient (Wildman–Crippen LogP) is 6.47. The second-order valence-corrected chi connectivity index (χ2v) is 9.49. The van der Waals surface area contributed by atoms with Crippen LogP contribution in [-0.4, -0.2) is 22.1 Å². The molecule has 0 saturated carbocycles. The molecule has 146 valence electrons. The third kappa shape index (κ3) is 4.99. The maximum absolute atomic E-state index is 12.5. The molecule has 0 radical (unpaired) electrons. The summed E-state index contributed by atoms with van der Waals surface area (Å²) < 4.78 is 7.89. The fourth-order valence-corrected chi connectivity index (χ4v) is 4.55. The first-order chi connectivity index (χ1) is 13.4. The Kier molecular flexibility index (Phi) is 7.22. The van der Waals surface area contributed by atoms with E-state index in [9.17, 15) is 9.59 Å². The molecule has 0 spiro atoms. The van der Waals surface area contributed by atoms with Gasteiger partial charge in [0.2, 0.25) is 0 Å². The second-order valence-electron chi connectivity index (χ2n) is 6.41. The number of ether oxygens (including phenoxy) is 1.